The fourth-order valence-corrected chi connectivity index (χ4v) is 2.49. The van der Waals surface area contributed by atoms with E-state index in [0.29, 0.717) is 19.0 Å². The predicted octanol–water partition coefficient (Wildman–Crippen LogP) is 2.02. The third-order valence-electron chi connectivity index (χ3n) is 4.61. The average Bonchev–Trinajstić information content (AvgIpc) is 3.04. The number of rotatable bonds is 5. The third kappa shape index (κ3) is 3.32. The van der Waals surface area contributed by atoms with Crippen LogP contribution in [0.1, 0.15) is 40.2 Å². The van der Waals surface area contributed by atoms with Gasteiger partial charge in [-0.25, -0.2) is 4.98 Å². The summed E-state index contributed by atoms with van der Waals surface area (Å²) in [5, 5.41) is 4.41. The number of pyridine rings is 1. The molecule has 128 valence electrons. The average molecular weight is 329 g/mol. The molecule has 0 amide bonds. The number of ether oxygens (including phenoxy) is 1. The lowest BCUT2D eigenvalue weighted by Gasteiger charge is -2.32. The smallest absolute Gasteiger partial charge is 0.478 e. The molecule has 2 aromatic rings. The molecule has 3 heterocycles. The molecule has 0 radical (unpaired) electrons. The SMILES string of the molecule is CCOc1ccc(Cn2cc(B3OC(C)(C)C(C)(C)O3)cn2)cn1. The van der Waals surface area contributed by atoms with E-state index in [1.165, 1.54) is 0 Å². The molecule has 6 nitrogen and oxygen atoms in total. The van der Waals surface area contributed by atoms with Gasteiger partial charge in [0, 0.05) is 30.1 Å². The van der Waals surface area contributed by atoms with Crippen LogP contribution in [-0.4, -0.2) is 39.7 Å². The molecule has 0 aromatic carbocycles. The van der Waals surface area contributed by atoms with Crippen LogP contribution in [0.15, 0.2) is 30.7 Å². The van der Waals surface area contributed by atoms with E-state index in [0.717, 1.165) is 11.0 Å². The van der Waals surface area contributed by atoms with Crippen molar-refractivity contribution in [2.24, 2.45) is 0 Å². The molecule has 24 heavy (non-hydrogen) atoms. The highest BCUT2D eigenvalue weighted by atomic mass is 16.7. The zero-order valence-electron chi connectivity index (χ0n) is 14.9. The lowest BCUT2D eigenvalue weighted by molar-refractivity contribution is 0.00578. The van der Waals surface area contributed by atoms with Crippen LogP contribution < -0.4 is 10.2 Å². The Balaban J connectivity index is 1.68. The van der Waals surface area contributed by atoms with E-state index in [4.69, 9.17) is 14.0 Å². The summed E-state index contributed by atoms with van der Waals surface area (Å²) < 4.78 is 19.3. The van der Waals surface area contributed by atoms with Crippen molar-refractivity contribution in [1.29, 1.82) is 0 Å². The molecule has 0 aliphatic carbocycles. The van der Waals surface area contributed by atoms with Crippen LogP contribution >= 0.6 is 0 Å². The highest BCUT2D eigenvalue weighted by Gasteiger charge is 2.52. The molecule has 1 aliphatic rings. The van der Waals surface area contributed by atoms with Crippen LogP contribution in [-0.2, 0) is 15.9 Å². The van der Waals surface area contributed by atoms with Crippen LogP contribution in [0.2, 0.25) is 0 Å². The van der Waals surface area contributed by atoms with E-state index in [2.05, 4.69) is 10.1 Å². The van der Waals surface area contributed by atoms with Crippen LogP contribution in [0.5, 0.6) is 5.88 Å². The highest BCUT2D eigenvalue weighted by molar-refractivity contribution is 6.61. The van der Waals surface area contributed by atoms with Crippen molar-refractivity contribution in [2.45, 2.75) is 52.4 Å². The molecule has 0 N–H and O–H groups in total. The second-order valence-electron chi connectivity index (χ2n) is 7.00. The molecule has 0 spiro atoms. The maximum Gasteiger partial charge on any atom is 0.498 e. The van der Waals surface area contributed by atoms with Gasteiger partial charge in [-0.05, 0) is 40.2 Å². The number of nitrogens with zero attached hydrogens (tertiary/aromatic N) is 3. The largest absolute Gasteiger partial charge is 0.498 e. The van der Waals surface area contributed by atoms with Crippen molar-refractivity contribution in [3.63, 3.8) is 0 Å². The van der Waals surface area contributed by atoms with E-state index >= 15 is 0 Å². The summed E-state index contributed by atoms with van der Waals surface area (Å²) in [6.07, 6.45) is 5.56. The van der Waals surface area contributed by atoms with Crippen LogP contribution in [0.3, 0.4) is 0 Å². The predicted molar refractivity (Wildman–Crippen MR) is 92.5 cm³/mol. The summed E-state index contributed by atoms with van der Waals surface area (Å²) in [5.74, 6) is 0.639. The lowest BCUT2D eigenvalue weighted by Crippen LogP contribution is -2.41. The van der Waals surface area contributed by atoms with Gasteiger partial charge < -0.3 is 14.0 Å². The van der Waals surface area contributed by atoms with Gasteiger partial charge in [-0.1, -0.05) is 6.07 Å². The zero-order valence-corrected chi connectivity index (χ0v) is 14.9. The van der Waals surface area contributed by atoms with Gasteiger partial charge in [0.2, 0.25) is 5.88 Å². The molecular formula is C17H24BN3O3. The fraction of sp³-hybridized carbons (Fsp3) is 0.529. The summed E-state index contributed by atoms with van der Waals surface area (Å²) in [5.41, 5.74) is 1.28. The molecule has 1 saturated heterocycles. The molecule has 2 aromatic heterocycles. The van der Waals surface area contributed by atoms with Crippen molar-refractivity contribution in [3.8, 4) is 5.88 Å². The molecule has 1 fully saturated rings. The maximum absolute atomic E-state index is 6.05. The van der Waals surface area contributed by atoms with Crippen molar-refractivity contribution >= 4 is 12.6 Å². The van der Waals surface area contributed by atoms with E-state index in [1.807, 2.05) is 57.6 Å². The van der Waals surface area contributed by atoms with Gasteiger partial charge >= 0.3 is 7.12 Å². The summed E-state index contributed by atoms with van der Waals surface area (Å²) in [7, 11) is -0.387. The molecular weight excluding hydrogens is 305 g/mol. The second-order valence-corrected chi connectivity index (χ2v) is 7.00. The number of hydrogen-bond acceptors (Lipinski definition) is 5. The number of aromatic nitrogens is 3. The fourth-order valence-electron chi connectivity index (χ4n) is 2.49. The standard InChI is InChI=1S/C17H24BN3O3/c1-6-22-15-8-7-13(9-19-15)11-21-12-14(10-20-21)18-23-16(2,3)17(4,5)24-18/h7-10,12H,6,11H2,1-5H3. The van der Waals surface area contributed by atoms with Gasteiger partial charge in [-0.3, -0.25) is 4.68 Å². The van der Waals surface area contributed by atoms with Gasteiger partial charge in [0.1, 0.15) is 0 Å². The highest BCUT2D eigenvalue weighted by Crippen LogP contribution is 2.36. The van der Waals surface area contributed by atoms with Crippen molar-refractivity contribution in [1.82, 2.24) is 14.8 Å². The first-order chi connectivity index (χ1) is 11.3. The Labute approximate surface area is 143 Å². The van der Waals surface area contributed by atoms with E-state index < -0.39 is 0 Å². The van der Waals surface area contributed by atoms with Gasteiger partial charge in [-0.2, -0.15) is 5.10 Å². The second kappa shape index (κ2) is 6.22. The summed E-state index contributed by atoms with van der Waals surface area (Å²) >= 11 is 0. The van der Waals surface area contributed by atoms with Crippen LogP contribution in [0.25, 0.3) is 0 Å². The summed E-state index contributed by atoms with van der Waals surface area (Å²) in [4.78, 5) is 4.27. The van der Waals surface area contributed by atoms with Gasteiger partial charge in [0.25, 0.3) is 0 Å². The quantitative estimate of drug-likeness (QED) is 0.786. The van der Waals surface area contributed by atoms with Crippen molar-refractivity contribution in [2.75, 3.05) is 6.61 Å². The van der Waals surface area contributed by atoms with Gasteiger partial charge in [-0.15, -0.1) is 0 Å². The Morgan fingerprint density at radius 3 is 2.42 bits per heavy atom. The Morgan fingerprint density at radius 2 is 1.83 bits per heavy atom. The Bertz CT molecular complexity index is 681. The first kappa shape index (κ1) is 17.0. The third-order valence-corrected chi connectivity index (χ3v) is 4.61. The zero-order chi connectivity index (χ0) is 17.4. The van der Waals surface area contributed by atoms with Crippen molar-refractivity contribution in [3.05, 3.63) is 36.3 Å². The molecule has 0 saturated carbocycles. The molecule has 7 heteroatoms. The lowest BCUT2D eigenvalue weighted by atomic mass is 9.82. The monoisotopic (exact) mass is 329 g/mol. The molecule has 0 unspecified atom stereocenters. The number of hydrogen-bond donors (Lipinski definition) is 0. The Kier molecular flexibility index (Phi) is 4.40. The first-order valence-corrected chi connectivity index (χ1v) is 8.26. The molecule has 0 atom stereocenters. The van der Waals surface area contributed by atoms with E-state index in [9.17, 15) is 0 Å². The molecule has 1 aliphatic heterocycles. The summed E-state index contributed by atoms with van der Waals surface area (Å²) in [6.45, 7) is 11.4. The minimum Gasteiger partial charge on any atom is -0.478 e. The minimum atomic E-state index is -0.387. The van der Waals surface area contributed by atoms with E-state index in [1.54, 1.807) is 12.4 Å². The Morgan fingerprint density at radius 1 is 1.12 bits per heavy atom. The van der Waals surface area contributed by atoms with Gasteiger partial charge in [0.15, 0.2) is 0 Å². The maximum atomic E-state index is 6.05. The van der Waals surface area contributed by atoms with Crippen LogP contribution in [0, 0.1) is 0 Å². The topological polar surface area (TPSA) is 58.4 Å². The first-order valence-electron chi connectivity index (χ1n) is 8.26. The molecule has 3 rings (SSSR count). The van der Waals surface area contributed by atoms with E-state index in [-0.39, 0.29) is 18.3 Å². The normalized spacial score (nSPS) is 18.8. The molecule has 0 bridgehead atoms. The van der Waals surface area contributed by atoms with Crippen molar-refractivity contribution < 1.29 is 14.0 Å². The minimum absolute atomic E-state index is 0.348. The van der Waals surface area contributed by atoms with Crippen LogP contribution in [0.4, 0.5) is 0 Å². The summed E-state index contributed by atoms with van der Waals surface area (Å²) in [6, 6.07) is 3.87. The van der Waals surface area contributed by atoms with Gasteiger partial charge in [0.05, 0.1) is 24.4 Å². The Hall–Kier alpha value is -1.86.